The molecule has 1 aromatic rings. The van der Waals surface area contributed by atoms with Gasteiger partial charge in [-0.25, -0.2) is 18.6 Å². The number of carboxylic acid groups (broad SMARTS) is 1. The van der Waals surface area contributed by atoms with E-state index in [4.69, 9.17) is 10.8 Å². The van der Waals surface area contributed by atoms with E-state index >= 15 is 0 Å². The van der Waals surface area contributed by atoms with Gasteiger partial charge in [0.25, 0.3) is 6.43 Å². The summed E-state index contributed by atoms with van der Waals surface area (Å²) in [6.45, 7) is 0. The second-order valence-electron chi connectivity index (χ2n) is 2.40. The summed E-state index contributed by atoms with van der Waals surface area (Å²) in [5.74, 6) is -3.65. The highest BCUT2D eigenvalue weighted by Gasteiger charge is 2.22. The first-order chi connectivity index (χ1) is 6.43. The first-order valence-electron chi connectivity index (χ1n) is 3.41. The lowest BCUT2D eigenvalue weighted by atomic mass is 10.1. The molecule has 0 saturated heterocycles. The fraction of sp³-hybridized carbons (Fsp3) is 0.143. The second-order valence-corrected chi connectivity index (χ2v) is 2.40. The Balaban J connectivity index is 3.44. The van der Waals surface area contributed by atoms with Crippen molar-refractivity contribution in [2.75, 3.05) is 5.73 Å². The Morgan fingerprint density at radius 1 is 1.57 bits per heavy atom. The minimum atomic E-state index is -3.11. The number of rotatable bonds is 2. The molecule has 4 nitrogen and oxygen atoms in total. The maximum Gasteiger partial charge on any atom is 0.339 e. The van der Waals surface area contributed by atoms with E-state index in [2.05, 4.69) is 4.98 Å². The Kier molecular flexibility index (Phi) is 2.59. The largest absolute Gasteiger partial charge is 0.478 e. The molecule has 0 aliphatic rings. The molecule has 0 atom stereocenters. The van der Waals surface area contributed by atoms with Crippen LogP contribution in [0.2, 0.25) is 0 Å². The Morgan fingerprint density at radius 3 is 2.57 bits per heavy atom. The smallest absolute Gasteiger partial charge is 0.339 e. The fourth-order valence-corrected chi connectivity index (χ4v) is 0.957. The number of pyridine rings is 1. The molecule has 0 aliphatic carbocycles. The molecule has 0 amide bonds. The number of nitrogen functional groups attached to an aromatic ring is 1. The van der Waals surface area contributed by atoms with Crippen LogP contribution in [0.3, 0.4) is 0 Å². The molecule has 0 aliphatic heterocycles. The normalized spacial score (nSPS) is 10.6. The van der Waals surface area contributed by atoms with Gasteiger partial charge in [0, 0.05) is 11.6 Å². The van der Waals surface area contributed by atoms with Crippen LogP contribution < -0.4 is 5.73 Å². The minimum absolute atomic E-state index is 0.352. The zero-order valence-electron chi connectivity index (χ0n) is 6.67. The van der Waals surface area contributed by atoms with Gasteiger partial charge in [0.15, 0.2) is 0 Å². The van der Waals surface area contributed by atoms with E-state index in [9.17, 15) is 18.0 Å². The van der Waals surface area contributed by atoms with Gasteiger partial charge >= 0.3 is 5.97 Å². The van der Waals surface area contributed by atoms with Gasteiger partial charge in [-0.2, -0.15) is 4.39 Å². The van der Waals surface area contributed by atoms with Gasteiger partial charge < -0.3 is 10.8 Å². The number of hydrogen-bond acceptors (Lipinski definition) is 3. The Labute approximate surface area is 76.2 Å². The average molecular weight is 206 g/mol. The summed E-state index contributed by atoms with van der Waals surface area (Å²) in [5, 5.41) is 8.51. The number of carbonyl (C=O) groups is 1. The van der Waals surface area contributed by atoms with Gasteiger partial charge in [-0.05, 0) is 0 Å². The molecule has 7 heteroatoms. The highest BCUT2D eigenvalue weighted by Crippen LogP contribution is 2.26. The Morgan fingerprint density at radius 2 is 2.14 bits per heavy atom. The number of carboxylic acids is 1. The van der Waals surface area contributed by atoms with E-state index in [1.165, 1.54) is 0 Å². The summed E-state index contributed by atoms with van der Waals surface area (Å²) in [6.07, 6.45) is -3.11. The molecular formula is C7H5F3N2O2. The van der Waals surface area contributed by atoms with Crippen LogP contribution in [0, 0.1) is 5.95 Å². The monoisotopic (exact) mass is 206 g/mol. The van der Waals surface area contributed by atoms with Crippen LogP contribution in [-0.2, 0) is 0 Å². The van der Waals surface area contributed by atoms with Crippen molar-refractivity contribution in [3.63, 3.8) is 0 Å². The summed E-state index contributed by atoms with van der Waals surface area (Å²) in [5.41, 5.74) is 3.17. The van der Waals surface area contributed by atoms with E-state index in [1.54, 1.807) is 0 Å². The number of nitrogens with zero attached hydrogens (tertiary/aromatic N) is 1. The van der Waals surface area contributed by atoms with Crippen LogP contribution in [-0.4, -0.2) is 16.1 Å². The maximum absolute atomic E-state index is 12.5. The third-order valence-corrected chi connectivity index (χ3v) is 1.50. The molecule has 0 radical (unpaired) electrons. The van der Waals surface area contributed by atoms with Gasteiger partial charge in [0.05, 0.1) is 0 Å². The van der Waals surface area contributed by atoms with Crippen molar-refractivity contribution in [2.24, 2.45) is 0 Å². The number of halogens is 3. The third-order valence-electron chi connectivity index (χ3n) is 1.50. The predicted molar refractivity (Wildman–Crippen MR) is 40.5 cm³/mol. The highest BCUT2D eigenvalue weighted by molar-refractivity contribution is 5.94. The fourth-order valence-electron chi connectivity index (χ4n) is 0.957. The van der Waals surface area contributed by atoms with E-state index in [1.807, 2.05) is 0 Å². The van der Waals surface area contributed by atoms with Gasteiger partial charge in [0.2, 0.25) is 5.95 Å². The van der Waals surface area contributed by atoms with E-state index in [0.717, 1.165) is 0 Å². The number of alkyl halides is 2. The molecule has 0 bridgehead atoms. The van der Waals surface area contributed by atoms with Crippen molar-refractivity contribution in [3.8, 4) is 0 Å². The number of aromatic carboxylic acids is 1. The quantitative estimate of drug-likeness (QED) is 0.717. The van der Waals surface area contributed by atoms with Crippen molar-refractivity contribution >= 4 is 11.8 Å². The summed E-state index contributed by atoms with van der Waals surface area (Å²) < 4.78 is 37.0. The number of aromatic nitrogens is 1. The lowest BCUT2D eigenvalue weighted by Gasteiger charge is -2.06. The molecule has 0 spiro atoms. The Hall–Kier alpha value is -1.79. The number of hydrogen-bond donors (Lipinski definition) is 2. The first kappa shape index (κ1) is 10.3. The average Bonchev–Trinajstić information content (AvgIpc) is 2.01. The number of nitrogens with two attached hydrogens (primary N) is 1. The molecule has 0 unspecified atom stereocenters. The van der Waals surface area contributed by atoms with Crippen molar-refractivity contribution < 1.29 is 23.1 Å². The van der Waals surface area contributed by atoms with Crippen molar-refractivity contribution in [1.82, 2.24) is 4.98 Å². The van der Waals surface area contributed by atoms with Gasteiger partial charge in [-0.15, -0.1) is 0 Å². The molecule has 0 fully saturated rings. The molecular weight excluding hydrogens is 201 g/mol. The van der Waals surface area contributed by atoms with Crippen molar-refractivity contribution in [1.29, 1.82) is 0 Å². The lowest BCUT2D eigenvalue weighted by Crippen LogP contribution is -2.10. The standard InChI is InChI=1S/C7H5F3N2O2/c8-3-1-2(5(9)10)4(7(13)14)6(11)12-3/h1,5H,(H2,11,12)(H,13,14). The zero-order valence-corrected chi connectivity index (χ0v) is 6.67. The second kappa shape index (κ2) is 3.52. The number of anilines is 1. The highest BCUT2D eigenvalue weighted by atomic mass is 19.3. The van der Waals surface area contributed by atoms with Crippen LogP contribution >= 0.6 is 0 Å². The topological polar surface area (TPSA) is 76.2 Å². The molecule has 1 aromatic heterocycles. The van der Waals surface area contributed by atoms with Gasteiger partial charge in [0.1, 0.15) is 11.4 Å². The van der Waals surface area contributed by atoms with Crippen molar-refractivity contribution in [2.45, 2.75) is 6.43 Å². The summed E-state index contributed by atoms with van der Waals surface area (Å²) in [7, 11) is 0. The first-order valence-corrected chi connectivity index (χ1v) is 3.41. The predicted octanol–water partition coefficient (Wildman–Crippen LogP) is 1.44. The molecule has 14 heavy (non-hydrogen) atoms. The van der Waals surface area contributed by atoms with Crippen LogP contribution in [0.25, 0.3) is 0 Å². The Bertz CT molecular complexity index is 381. The summed E-state index contributed by atoms with van der Waals surface area (Å²) >= 11 is 0. The van der Waals surface area contributed by atoms with Gasteiger partial charge in [-0.1, -0.05) is 0 Å². The van der Waals surface area contributed by atoms with Crippen LogP contribution in [0.4, 0.5) is 19.0 Å². The molecule has 1 heterocycles. The third kappa shape index (κ3) is 1.76. The molecule has 3 N–H and O–H groups in total. The van der Waals surface area contributed by atoms with E-state index < -0.39 is 35.3 Å². The SMILES string of the molecule is Nc1nc(F)cc(C(F)F)c1C(=O)O. The molecule has 0 saturated carbocycles. The van der Waals surface area contributed by atoms with E-state index in [0.29, 0.717) is 6.07 Å². The minimum Gasteiger partial charge on any atom is -0.478 e. The molecule has 1 rings (SSSR count). The molecule has 76 valence electrons. The van der Waals surface area contributed by atoms with Crippen LogP contribution in [0.5, 0.6) is 0 Å². The van der Waals surface area contributed by atoms with Gasteiger partial charge in [-0.3, -0.25) is 0 Å². The maximum atomic E-state index is 12.5. The lowest BCUT2D eigenvalue weighted by molar-refractivity contribution is 0.0685. The summed E-state index contributed by atoms with van der Waals surface area (Å²) in [6, 6.07) is 0.352. The van der Waals surface area contributed by atoms with E-state index in [-0.39, 0.29) is 0 Å². The zero-order chi connectivity index (χ0) is 10.9. The van der Waals surface area contributed by atoms with Crippen LogP contribution in [0.15, 0.2) is 6.07 Å². The summed E-state index contributed by atoms with van der Waals surface area (Å²) in [4.78, 5) is 13.4. The molecule has 0 aromatic carbocycles. The van der Waals surface area contributed by atoms with Crippen LogP contribution in [0.1, 0.15) is 22.3 Å². The van der Waals surface area contributed by atoms with Crippen molar-refractivity contribution in [3.05, 3.63) is 23.1 Å².